The number of amides is 2. The molecule has 0 aromatic heterocycles. The van der Waals surface area contributed by atoms with Crippen LogP contribution >= 0.6 is 23.2 Å². The van der Waals surface area contributed by atoms with E-state index in [0.717, 1.165) is 11.1 Å². The highest BCUT2D eigenvalue weighted by Crippen LogP contribution is 2.22. The summed E-state index contributed by atoms with van der Waals surface area (Å²) in [6, 6.07) is 10.2. The monoisotopic (exact) mass is 366 g/mol. The second-order valence-electron chi connectivity index (χ2n) is 5.14. The number of para-hydroxylation sites is 1. The first-order valence-electron chi connectivity index (χ1n) is 7.11. The normalized spacial score (nSPS) is 10.2. The van der Waals surface area contributed by atoms with Gasteiger partial charge in [0.2, 0.25) is 0 Å². The summed E-state index contributed by atoms with van der Waals surface area (Å²) in [6.07, 6.45) is 0. The fourth-order valence-corrected chi connectivity index (χ4v) is 2.44. The van der Waals surface area contributed by atoms with Crippen LogP contribution < -0.4 is 15.6 Å². The van der Waals surface area contributed by atoms with Crippen molar-refractivity contribution in [3.05, 3.63) is 63.1 Å². The summed E-state index contributed by atoms with van der Waals surface area (Å²) in [4.78, 5) is 23.8. The lowest BCUT2D eigenvalue weighted by Crippen LogP contribution is -2.44. The maximum absolute atomic E-state index is 12.0. The highest BCUT2D eigenvalue weighted by atomic mass is 35.5. The Kier molecular flexibility index (Phi) is 6.06. The standard InChI is InChI=1S/C17H16Cl2N2O3/c1-10-4-3-5-11(2)16(10)24-9-15(22)20-21-17(23)13-8-12(18)6-7-14(13)19/h3-8H,9H2,1-2H3,(H,20,22)(H,21,23). The van der Waals surface area contributed by atoms with E-state index < -0.39 is 11.8 Å². The van der Waals surface area contributed by atoms with Gasteiger partial charge in [-0.25, -0.2) is 0 Å². The second kappa shape index (κ2) is 8.04. The van der Waals surface area contributed by atoms with E-state index in [4.69, 9.17) is 27.9 Å². The largest absolute Gasteiger partial charge is 0.483 e. The molecule has 0 spiro atoms. The zero-order chi connectivity index (χ0) is 17.7. The van der Waals surface area contributed by atoms with E-state index in [-0.39, 0.29) is 17.2 Å². The van der Waals surface area contributed by atoms with Crippen molar-refractivity contribution in [1.82, 2.24) is 10.9 Å². The van der Waals surface area contributed by atoms with Gasteiger partial charge in [-0.2, -0.15) is 0 Å². The van der Waals surface area contributed by atoms with Gasteiger partial charge in [0.25, 0.3) is 11.8 Å². The van der Waals surface area contributed by atoms with Gasteiger partial charge >= 0.3 is 0 Å². The first kappa shape index (κ1) is 18.1. The van der Waals surface area contributed by atoms with Crippen molar-refractivity contribution in [2.24, 2.45) is 0 Å². The number of halogens is 2. The van der Waals surface area contributed by atoms with Crippen molar-refractivity contribution in [3.63, 3.8) is 0 Å². The molecule has 24 heavy (non-hydrogen) atoms. The molecule has 0 atom stereocenters. The molecule has 0 aliphatic rings. The summed E-state index contributed by atoms with van der Waals surface area (Å²) in [6.45, 7) is 3.56. The second-order valence-corrected chi connectivity index (χ2v) is 5.98. The Morgan fingerprint density at radius 1 is 1.04 bits per heavy atom. The van der Waals surface area contributed by atoms with Gasteiger partial charge in [-0.15, -0.1) is 0 Å². The lowest BCUT2D eigenvalue weighted by Gasteiger charge is -2.12. The van der Waals surface area contributed by atoms with Gasteiger partial charge in [0.15, 0.2) is 6.61 Å². The van der Waals surface area contributed by atoms with Crippen LogP contribution in [0.15, 0.2) is 36.4 Å². The molecule has 0 fully saturated rings. The third kappa shape index (κ3) is 4.63. The maximum Gasteiger partial charge on any atom is 0.276 e. The van der Waals surface area contributed by atoms with Gasteiger partial charge < -0.3 is 4.74 Å². The Morgan fingerprint density at radius 2 is 1.71 bits per heavy atom. The average Bonchev–Trinajstić information content (AvgIpc) is 2.54. The maximum atomic E-state index is 12.0. The highest BCUT2D eigenvalue weighted by Gasteiger charge is 2.13. The van der Waals surface area contributed by atoms with Crippen LogP contribution in [-0.4, -0.2) is 18.4 Å². The van der Waals surface area contributed by atoms with Crippen molar-refractivity contribution in [1.29, 1.82) is 0 Å². The minimum atomic E-state index is -0.567. The predicted molar refractivity (Wildman–Crippen MR) is 93.5 cm³/mol. The molecule has 0 bridgehead atoms. The number of hydrazine groups is 1. The fourth-order valence-electron chi connectivity index (χ4n) is 2.07. The fraction of sp³-hybridized carbons (Fsp3) is 0.176. The number of rotatable bonds is 4. The van der Waals surface area contributed by atoms with Gasteiger partial charge in [-0.05, 0) is 43.2 Å². The number of benzene rings is 2. The van der Waals surface area contributed by atoms with Crippen LogP contribution in [0.2, 0.25) is 10.0 Å². The van der Waals surface area contributed by atoms with Gasteiger partial charge in [-0.1, -0.05) is 41.4 Å². The SMILES string of the molecule is Cc1cccc(C)c1OCC(=O)NNC(=O)c1cc(Cl)ccc1Cl. The molecule has 0 aliphatic heterocycles. The minimum absolute atomic E-state index is 0.167. The molecule has 2 aromatic carbocycles. The summed E-state index contributed by atoms with van der Waals surface area (Å²) >= 11 is 11.8. The van der Waals surface area contributed by atoms with Crippen LogP contribution in [0.25, 0.3) is 0 Å². The van der Waals surface area contributed by atoms with Gasteiger partial charge in [0.1, 0.15) is 5.75 Å². The Labute approximate surface area is 149 Å². The molecule has 5 nitrogen and oxygen atoms in total. The third-order valence-electron chi connectivity index (χ3n) is 3.24. The molecular weight excluding hydrogens is 351 g/mol. The summed E-state index contributed by atoms with van der Waals surface area (Å²) in [5.41, 5.74) is 6.57. The lowest BCUT2D eigenvalue weighted by atomic mass is 10.1. The first-order chi connectivity index (χ1) is 11.4. The number of ether oxygens (including phenoxy) is 1. The zero-order valence-electron chi connectivity index (χ0n) is 13.2. The average molecular weight is 367 g/mol. The van der Waals surface area contributed by atoms with Crippen molar-refractivity contribution >= 4 is 35.0 Å². The van der Waals surface area contributed by atoms with Crippen molar-refractivity contribution in [3.8, 4) is 5.75 Å². The Morgan fingerprint density at radius 3 is 2.38 bits per heavy atom. The smallest absolute Gasteiger partial charge is 0.276 e. The molecule has 0 radical (unpaired) electrons. The predicted octanol–water partition coefficient (Wildman–Crippen LogP) is 3.45. The van der Waals surface area contributed by atoms with Crippen LogP contribution in [0.5, 0.6) is 5.75 Å². The van der Waals surface area contributed by atoms with Crippen molar-refractivity contribution in [2.45, 2.75) is 13.8 Å². The molecule has 0 saturated heterocycles. The van der Waals surface area contributed by atoms with Crippen molar-refractivity contribution in [2.75, 3.05) is 6.61 Å². The number of nitrogens with one attached hydrogen (secondary N) is 2. The van der Waals surface area contributed by atoms with Gasteiger partial charge in [0.05, 0.1) is 10.6 Å². The first-order valence-corrected chi connectivity index (χ1v) is 7.87. The van der Waals surface area contributed by atoms with E-state index in [0.29, 0.717) is 10.8 Å². The number of hydrogen-bond donors (Lipinski definition) is 2. The van der Waals surface area contributed by atoms with Crippen LogP contribution in [0.4, 0.5) is 0 Å². The quantitative estimate of drug-likeness (QED) is 0.814. The molecule has 2 aromatic rings. The van der Waals surface area contributed by atoms with Gasteiger partial charge in [-0.3, -0.25) is 20.4 Å². The van der Waals surface area contributed by atoms with E-state index in [1.807, 2.05) is 32.0 Å². The van der Waals surface area contributed by atoms with E-state index >= 15 is 0 Å². The molecule has 7 heteroatoms. The van der Waals surface area contributed by atoms with Gasteiger partial charge in [0, 0.05) is 5.02 Å². The Balaban J connectivity index is 1.89. The van der Waals surface area contributed by atoms with Crippen LogP contribution in [0.3, 0.4) is 0 Å². The van der Waals surface area contributed by atoms with Crippen LogP contribution in [0, 0.1) is 13.8 Å². The van der Waals surface area contributed by atoms with E-state index in [1.165, 1.54) is 12.1 Å². The molecule has 0 heterocycles. The summed E-state index contributed by atoms with van der Waals surface area (Å²) in [5.74, 6) is -0.413. The number of hydrogen-bond acceptors (Lipinski definition) is 3. The molecule has 2 amide bonds. The highest BCUT2D eigenvalue weighted by molar-refractivity contribution is 6.35. The third-order valence-corrected chi connectivity index (χ3v) is 3.81. The van der Waals surface area contributed by atoms with Crippen LogP contribution in [-0.2, 0) is 4.79 Å². The molecule has 0 unspecified atom stereocenters. The van der Waals surface area contributed by atoms with E-state index in [9.17, 15) is 9.59 Å². The molecule has 0 aliphatic carbocycles. The zero-order valence-corrected chi connectivity index (χ0v) is 14.7. The Hall–Kier alpha value is -2.24. The number of carbonyl (C=O) groups excluding carboxylic acids is 2. The molecular formula is C17H16Cl2N2O3. The van der Waals surface area contributed by atoms with Crippen LogP contribution in [0.1, 0.15) is 21.5 Å². The minimum Gasteiger partial charge on any atom is -0.483 e. The summed E-state index contributed by atoms with van der Waals surface area (Å²) in [7, 11) is 0. The Bertz CT molecular complexity index is 758. The summed E-state index contributed by atoms with van der Waals surface area (Å²) in [5, 5.41) is 0.604. The summed E-state index contributed by atoms with van der Waals surface area (Å²) < 4.78 is 5.50. The topological polar surface area (TPSA) is 67.4 Å². The van der Waals surface area contributed by atoms with E-state index in [2.05, 4.69) is 10.9 Å². The number of carbonyl (C=O) groups is 2. The molecule has 2 N–H and O–H groups in total. The molecule has 2 rings (SSSR count). The van der Waals surface area contributed by atoms with Crippen molar-refractivity contribution < 1.29 is 14.3 Å². The molecule has 0 saturated carbocycles. The van der Waals surface area contributed by atoms with E-state index in [1.54, 1.807) is 6.07 Å². The number of aryl methyl sites for hydroxylation is 2. The lowest BCUT2D eigenvalue weighted by molar-refractivity contribution is -0.123. The molecule has 126 valence electrons.